The van der Waals surface area contributed by atoms with Gasteiger partial charge in [0.15, 0.2) is 38.8 Å². The van der Waals surface area contributed by atoms with Crippen LogP contribution in [0, 0.1) is 3.70 Å². The van der Waals surface area contributed by atoms with Crippen molar-refractivity contribution in [1.82, 2.24) is 49.5 Å². The zero-order valence-corrected chi connectivity index (χ0v) is 32.9. The van der Waals surface area contributed by atoms with Gasteiger partial charge in [0.25, 0.3) is 0 Å². The summed E-state index contributed by atoms with van der Waals surface area (Å²) in [4.78, 5) is 28.6. The summed E-state index contributed by atoms with van der Waals surface area (Å²) in [7, 11) is 0. The Kier molecular flexibility index (Phi) is 11.6. The molecule has 0 spiro atoms. The van der Waals surface area contributed by atoms with Crippen molar-refractivity contribution in [3.8, 4) is 0 Å². The summed E-state index contributed by atoms with van der Waals surface area (Å²) in [6.45, 7) is 2.39. The standard InChI is InChI=1S/C18H19ClN6O.C10H10ClIN4O.C9H11N/c19-14-11-21-16-17(22-14)25(15-7-1-2-10-26-15)23-18(16)24-9-4-5-12-13(24)6-3-8-20-12;11-6-5-13-8-9(12)15-16(10(8)14-6)7-3-1-2-4-17-7;1-2-6-9-8(4-1)5-3-7-10-9/h3,6,8,11,15H,1-2,4-5,7,9-10H2;5,7H,1-4H2;3,5,7H,1-2,4,6H2. The Hall–Kier alpha value is -3.57. The molecule has 2 fully saturated rings. The Bertz CT molecular complexity index is 2160. The van der Waals surface area contributed by atoms with Crippen LogP contribution in [0.3, 0.4) is 0 Å². The summed E-state index contributed by atoms with van der Waals surface area (Å²) >= 11 is 14.2. The van der Waals surface area contributed by atoms with Crippen molar-refractivity contribution in [3.05, 3.63) is 80.0 Å². The van der Waals surface area contributed by atoms with Gasteiger partial charge in [-0.3, -0.25) is 9.97 Å². The number of hydrogen-bond acceptors (Lipinski definition) is 11. The van der Waals surface area contributed by atoms with E-state index >= 15 is 0 Å². The molecule has 10 rings (SSSR count). The molecule has 3 aliphatic heterocycles. The van der Waals surface area contributed by atoms with E-state index in [0.29, 0.717) is 21.6 Å². The third kappa shape index (κ3) is 8.11. The highest BCUT2D eigenvalue weighted by molar-refractivity contribution is 14.1. The van der Waals surface area contributed by atoms with Gasteiger partial charge in [-0.1, -0.05) is 29.3 Å². The largest absolute Gasteiger partial charge is 0.356 e. The van der Waals surface area contributed by atoms with Crippen molar-refractivity contribution in [3.63, 3.8) is 0 Å². The molecule has 2 atom stereocenters. The fourth-order valence-corrected chi connectivity index (χ4v) is 8.16. The van der Waals surface area contributed by atoms with Gasteiger partial charge in [-0.05, 0) is 123 Å². The first-order chi connectivity index (χ1) is 26.0. The van der Waals surface area contributed by atoms with Gasteiger partial charge in [-0.25, -0.2) is 29.3 Å². The zero-order chi connectivity index (χ0) is 36.1. The number of rotatable bonds is 3. The number of nitrogens with zero attached hydrogens (tertiary/aromatic N) is 11. The highest BCUT2D eigenvalue weighted by Crippen LogP contribution is 2.37. The fourth-order valence-electron chi connectivity index (χ4n) is 7.29. The molecular weight excluding hydrogens is 828 g/mol. The van der Waals surface area contributed by atoms with E-state index in [-0.39, 0.29) is 12.5 Å². The number of anilines is 2. The molecule has 53 heavy (non-hydrogen) atoms. The Morgan fingerprint density at radius 3 is 1.98 bits per heavy atom. The summed E-state index contributed by atoms with van der Waals surface area (Å²) in [6, 6.07) is 8.28. The van der Waals surface area contributed by atoms with Crippen LogP contribution in [0.25, 0.3) is 22.3 Å². The van der Waals surface area contributed by atoms with Gasteiger partial charge in [0.2, 0.25) is 0 Å². The molecule has 9 heterocycles. The Labute approximate surface area is 331 Å². The third-order valence-electron chi connectivity index (χ3n) is 9.85. The molecule has 0 N–H and O–H groups in total. The van der Waals surface area contributed by atoms with Crippen molar-refractivity contribution >= 4 is 79.6 Å². The Balaban J connectivity index is 0.000000126. The topological polar surface area (TPSA) is 135 Å². The number of pyridine rings is 2. The number of hydrogen-bond donors (Lipinski definition) is 0. The molecule has 16 heteroatoms. The van der Waals surface area contributed by atoms with Crippen molar-refractivity contribution in [2.75, 3.05) is 24.7 Å². The number of aryl methyl sites for hydroxylation is 3. The second-order valence-electron chi connectivity index (χ2n) is 13.4. The lowest BCUT2D eigenvalue weighted by Crippen LogP contribution is -2.26. The summed E-state index contributed by atoms with van der Waals surface area (Å²) in [5.74, 6) is 0.798. The van der Waals surface area contributed by atoms with E-state index in [0.717, 1.165) is 103 Å². The van der Waals surface area contributed by atoms with Crippen LogP contribution >= 0.6 is 45.8 Å². The predicted octanol–water partition coefficient (Wildman–Crippen LogP) is 8.40. The molecule has 6 aromatic heterocycles. The minimum Gasteiger partial charge on any atom is -0.356 e. The first-order valence-corrected chi connectivity index (χ1v) is 20.2. The highest BCUT2D eigenvalue weighted by atomic mass is 127. The second kappa shape index (κ2) is 16.8. The van der Waals surface area contributed by atoms with Crippen LogP contribution in [0.5, 0.6) is 0 Å². The van der Waals surface area contributed by atoms with Crippen LogP contribution < -0.4 is 4.90 Å². The molecule has 0 radical (unpaired) electrons. The molecule has 0 saturated carbocycles. The van der Waals surface area contributed by atoms with Gasteiger partial charge in [0.05, 0.1) is 23.8 Å². The molecule has 0 amide bonds. The maximum absolute atomic E-state index is 6.13. The van der Waals surface area contributed by atoms with E-state index in [1.807, 2.05) is 29.2 Å². The lowest BCUT2D eigenvalue weighted by Gasteiger charge is -2.28. The first kappa shape index (κ1) is 36.4. The van der Waals surface area contributed by atoms with Gasteiger partial charge in [-0.15, -0.1) is 5.10 Å². The summed E-state index contributed by atoms with van der Waals surface area (Å²) < 4.78 is 16.1. The molecule has 1 aliphatic carbocycles. The van der Waals surface area contributed by atoms with Gasteiger partial charge in [0.1, 0.15) is 15.8 Å². The van der Waals surface area contributed by atoms with Crippen LogP contribution in [-0.2, 0) is 28.7 Å². The van der Waals surface area contributed by atoms with E-state index in [1.165, 1.54) is 36.9 Å². The monoisotopic (exact) mass is 867 g/mol. The minimum atomic E-state index is -0.120. The number of fused-ring (bicyclic) bond motifs is 4. The average molecular weight is 869 g/mol. The molecule has 13 nitrogen and oxygen atoms in total. The maximum Gasteiger partial charge on any atom is 0.183 e. The van der Waals surface area contributed by atoms with Crippen LogP contribution in [0.15, 0.2) is 49.1 Å². The average Bonchev–Trinajstić information content (AvgIpc) is 3.75. The third-order valence-corrected chi connectivity index (χ3v) is 10.9. The number of aromatic nitrogens is 10. The van der Waals surface area contributed by atoms with Crippen LogP contribution in [0.1, 0.15) is 87.2 Å². The van der Waals surface area contributed by atoms with Crippen LogP contribution in [-0.4, -0.2) is 69.2 Å². The lowest BCUT2D eigenvalue weighted by molar-refractivity contribution is -0.0372. The predicted molar refractivity (Wildman–Crippen MR) is 212 cm³/mol. The Morgan fingerprint density at radius 1 is 0.660 bits per heavy atom. The van der Waals surface area contributed by atoms with Crippen LogP contribution in [0.2, 0.25) is 10.3 Å². The molecule has 2 unspecified atom stereocenters. The summed E-state index contributed by atoms with van der Waals surface area (Å²) in [5.41, 5.74) is 7.89. The van der Waals surface area contributed by atoms with Gasteiger partial charge in [0, 0.05) is 37.8 Å². The maximum atomic E-state index is 6.13. The molecule has 276 valence electrons. The SMILES string of the molecule is Clc1cnc2c(I)nn(C3CCCCO3)c2n1.Clc1cnc2c(N3CCCc4ncccc43)nn(C3CCCCO3)c2n1.c1cnc2c(c1)CCCC2. The number of halogens is 3. The fraction of sp³-hybridized carbons (Fsp3) is 0.459. The molecule has 0 bridgehead atoms. The molecular formula is C37H40Cl2IN11O2. The van der Waals surface area contributed by atoms with Crippen molar-refractivity contribution in [2.45, 2.75) is 89.5 Å². The molecule has 4 aliphatic rings. The van der Waals surface area contributed by atoms with E-state index in [4.69, 9.17) is 37.8 Å². The van der Waals surface area contributed by atoms with E-state index in [2.05, 4.69) is 74.6 Å². The highest BCUT2D eigenvalue weighted by Gasteiger charge is 2.29. The molecule has 6 aromatic rings. The molecule has 0 aromatic carbocycles. The summed E-state index contributed by atoms with van der Waals surface area (Å²) in [6.07, 6.45) is 20.1. The van der Waals surface area contributed by atoms with Gasteiger partial charge >= 0.3 is 0 Å². The second-order valence-corrected chi connectivity index (χ2v) is 15.2. The van der Waals surface area contributed by atoms with E-state index < -0.39 is 0 Å². The zero-order valence-electron chi connectivity index (χ0n) is 29.2. The van der Waals surface area contributed by atoms with Crippen molar-refractivity contribution in [2.24, 2.45) is 0 Å². The van der Waals surface area contributed by atoms with Crippen molar-refractivity contribution < 1.29 is 9.47 Å². The lowest BCUT2D eigenvalue weighted by atomic mass is 9.96. The minimum absolute atomic E-state index is 0.0393. The van der Waals surface area contributed by atoms with E-state index in [9.17, 15) is 0 Å². The quantitative estimate of drug-likeness (QED) is 0.159. The summed E-state index contributed by atoms with van der Waals surface area (Å²) in [5, 5.41) is 10.1. The van der Waals surface area contributed by atoms with Gasteiger partial charge < -0.3 is 14.4 Å². The Morgan fingerprint density at radius 2 is 1.28 bits per heavy atom. The first-order valence-electron chi connectivity index (χ1n) is 18.4. The molecule has 2 saturated heterocycles. The van der Waals surface area contributed by atoms with Gasteiger partial charge in [-0.2, -0.15) is 5.10 Å². The van der Waals surface area contributed by atoms with E-state index in [1.54, 1.807) is 17.1 Å². The normalized spacial score (nSPS) is 19.8. The smallest absolute Gasteiger partial charge is 0.183 e. The number of ether oxygens (including phenoxy) is 2. The van der Waals surface area contributed by atoms with Crippen LogP contribution in [0.4, 0.5) is 11.5 Å². The van der Waals surface area contributed by atoms with Crippen molar-refractivity contribution in [1.29, 1.82) is 0 Å².